The molecule has 0 aliphatic carbocycles. The van der Waals surface area contributed by atoms with E-state index < -0.39 is 5.97 Å². The summed E-state index contributed by atoms with van der Waals surface area (Å²) in [4.78, 5) is 17.9. The molecule has 0 bridgehead atoms. The number of aromatic carboxylic acids is 1. The monoisotopic (exact) mass is 256 g/mol. The number of carboxylic acid groups (broad SMARTS) is 1. The van der Waals surface area contributed by atoms with Crippen molar-refractivity contribution in [3.05, 3.63) is 35.9 Å². The van der Waals surface area contributed by atoms with Gasteiger partial charge in [-0.2, -0.15) is 0 Å². The average molecular weight is 256 g/mol. The van der Waals surface area contributed by atoms with Crippen LogP contribution in [0.4, 0.5) is 5.82 Å². The zero-order valence-electron chi connectivity index (χ0n) is 10.7. The van der Waals surface area contributed by atoms with Gasteiger partial charge in [0.25, 0.3) is 0 Å². The van der Waals surface area contributed by atoms with Crippen molar-refractivity contribution in [1.82, 2.24) is 4.98 Å². The SMILES string of the molecule is O=C(O)c1ccc2nc(N3CCCCC3)ccc2c1. The molecule has 0 unspecified atom stereocenters. The fourth-order valence-electron chi connectivity index (χ4n) is 2.55. The second-order valence-corrected chi connectivity index (χ2v) is 4.93. The van der Waals surface area contributed by atoms with Gasteiger partial charge in [0.15, 0.2) is 0 Å². The van der Waals surface area contributed by atoms with Crippen LogP contribution in [-0.2, 0) is 0 Å². The van der Waals surface area contributed by atoms with Crippen molar-refractivity contribution in [2.24, 2.45) is 0 Å². The van der Waals surface area contributed by atoms with Crippen LogP contribution in [0.15, 0.2) is 30.3 Å². The third kappa shape index (κ3) is 2.38. The first-order valence-electron chi connectivity index (χ1n) is 6.63. The smallest absolute Gasteiger partial charge is 0.335 e. The molecule has 1 N–H and O–H groups in total. The molecule has 1 aliphatic heterocycles. The van der Waals surface area contributed by atoms with Crippen molar-refractivity contribution in [3.63, 3.8) is 0 Å². The summed E-state index contributed by atoms with van der Waals surface area (Å²) in [6.07, 6.45) is 3.74. The fourth-order valence-corrected chi connectivity index (χ4v) is 2.55. The number of nitrogens with zero attached hydrogens (tertiary/aromatic N) is 2. The van der Waals surface area contributed by atoms with E-state index in [9.17, 15) is 4.79 Å². The average Bonchev–Trinajstić information content (AvgIpc) is 2.47. The number of pyridine rings is 1. The highest BCUT2D eigenvalue weighted by molar-refractivity contribution is 5.93. The molecule has 0 spiro atoms. The van der Waals surface area contributed by atoms with E-state index in [2.05, 4.69) is 9.88 Å². The third-order valence-electron chi connectivity index (χ3n) is 3.60. The molecule has 98 valence electrons. The normalized spacial score (nSPS) is 15.7. The molecule has 4 heteroatoms. The Balaban J connectivity index is 1.97. The number of rotatable bonds is 2. The summed E-state index contributed by atoms with van der Waals surface area (Å²) >= 11 is 0. The van der Waals surface area contributed by atoms with Crippen LogP contribution < -0.4 is 4.90 Å². The molecule has 2 aromatic rings. The molecule has 1 aromatic heterocycles. The highest BCUT2D eigenvalue weighted by Gasteiger charge is 2.12. The predicted octanol–water partition coefficient (Wildman–Crippen LogP) is 2.92. The van der Waals surface area contributed by atoms with Crippen LogP contribution in [0.5, 0.6) is 0 Å². The topological polar surface area (TPSA) is 53.4 Å². The molecule has 1 aliphatic rings. The summed E-state index contributed by atoms with van der Waals surface area (Å²) in [6, 6.07) is 9.01. The summed E-state index contributed by atoms with van der Waals surface area (Å²) in [7, 11) is 0. The molecule has 1 saturated heterocycles. The maximum atomic E-state index is 10.9. The van der Waals surface area contributed by atoms with Crippen molar-refractivity contribution in [3.8, 4) is 0 Å². The number of hydrogen-bond acceptors (Lipinski definition) is 3. The van der Waals surface area contributed by atoms with Crippen molar-refractivity contribution in [2.45, 2.75) is 19.3 Å². The van der Waals surface area contributed by atoms with Gasteiger partial charge in [0.2, 0.25) is 0 Å². The molecule has 2 heterocycles. The number of carbonyl (C=O) groups is 1. The minimum Gasteiger partial charge on any atom is -0.478 e. The highest BCUT2D eigenvalue weighted by Crippen LogP contribution is 2.22. The molecule has 19 heavy (non-hydrogen) atoms. The minimum absolute atomic E-state index is 0.306. The molecule has 1 fully saturated rings. The van der Waals surface area contributed by atoms with Gasteiger partial charge in [-0.1, -0.05) is 0 Å². The lowest BCUT2D eigenvalue weighted by Crippen LogP contribution is -2.30. The Morgan fingerprint density at radius 3 is 2.63 bits per heavy atom. The molecule has 0 amide bonds. The van der Waals surface area contributed by atoms with Crippen LogP contribution in [-0.4, -0.2) is 29.1 Å². The number of aromatic nitrogens is 1. The quantitative estimate of drug-likeness (QED) is 0.897. The molecule has 4 nitrogen and oxygen atoms in total. The number of hydrogen-bond donors (Lipinski definition) is 1. The number of carboxylic acids is 1. The van der Waals surface area contributed by atoms with Gasteiger partial charge in [0.1, 0.15) is 5.82 Å². The Hall–Kier alpha value is -2.10. The van der Waals surface area contributed by atoms with Gasteiger partial charge >= 0.3 is 5.97 Å². The van der Waals surface area contributed by atoms with E-state index in [0.717, 1.165) is 29.8 Å². The summed E-state index contributed by atoms with van der Waals surface area (Å²) in [5.41, 5.74) is 1.16. The lowest BCUT2D eigenvalue weighted by atomic mass is 10.1. The maximum Gasteiger partial charge on any atom is 0.335 e. The largest absolute Gasteiger partial charge is 0.478 e. The Morgan fingerprint density at radius 1 is 1.11 bits per heavy atom. The molecular formula is C15H16N2O2. The lowest BCUT2D eigenvalue weighted by molar-refractivity contribution is 0.0697. The van der Waals surface area contributed by atoms with Gasteiger partial charge < -0.3 is 10.0 Å². The standard InChI is InChI=1S/C15H16N2O2/c18-15(19)12-4-6-13-11(10-12)5-7-14(16-13)17-8-2-1-3-9-17/h4-7,10H,1-3,8-9H2,(H,18,19). The van der Waals surface area contributed by atoms with Crippen LogP contribution in [0.3, 0.4) is 0 Å². The van der Waals surface area contributed by atoms with Gasteiger partial charge in [-0.25, -0.2) is 9.78 Å². The van der Waals surface area contributed by atoms with Gasteiger partial charge in [-0.15, -0.1) is 0 Å². The lowest BCUT2D eigenvalue weighted by Gasteiger charge is -2.27. The van der Waals surface area contributed by atoms with Crippen molar-refractivity contribution < 1.29 is 9.90 Å². The second-order valence-electron chi connectivity index (χ2n) is 4.93. The van der Waals surface area contributed by atoms with Crippen LogP contribution in [0, 0.1) is 0 Å². The Bertz CT molecular complexity index is 619. The summed E-state index contributed by atoms with van der Waals surface area (Å²) in [5, 5.41) is 9.85. The number of anilines is 1. The Labute approximate surface area is 111 Å². The van der Waals surface area contributed by atoms with E-state index in [1.54, 1.807) is 18.2 Å². The first-order chi connectivity index (χ1) is 9.24. The first-order valence-corrected chi connectivity index (χ1v) is 6.63. The minimum atomic E-state index is -0.901. The number of piperidine rings is 1. The van der Waals surface area contributed by atoms with E-state index >= 15 is 0 Å². The number of benzene rings is 1. The molecule has 0 radical (unpaired) electrons. The molecule has 0 saturated carbocycles. The van der Waals surface area contributed by atoms with Crippen LogP contribution in [0.25, 0.3) is 10.9 Å². The van der Waals surface area contributed by atoms with E-state index in [-0.39, 0.29) is 0 Å². The highest BCUT2D eigenvalue weighted by atomic mass is 16.4. The maximum absolute atomic E-state index is 10.9. The van der Waals surface area contributed by atoms with E-state index in [1.165, 1.54) is 19.3 Å². The zero-order chi connectivity index (χ0) is 13.2. The molecule has 1 aromatic carbocycles. The van der Waals surface area contributed by atoms with E-state index in [4.69, 9.17) is 5.11 Å². The van der Waals surface area contributed by atoms with Gasteiger partial charge in [0, 0.05) is 18.5 Å². The second kappa shape index (κ2) is 4.88. The number of fused-ring (bicyclic) bond motifs is 1. The zero-order valence-corrected chi connectivity index (χ0v) is 10.7. The van der Waals surface area contributed by atoms with Gasteiger partial charge in [-0.05, 0) is 49.6 Å². The fraction of sp³-hybridized carbons (Fsp3) is 0.333. The van der Waals surface area contributed by atoms with Crippen molar-refractivity contribution in [2.75, 3.05) is 18.0 Å². The van der Waals surface area contributed by atoms with E-state index in [1.807, 2.05) is 12.1 Å². The van der Waals surface area contributed by atoms with Crippen molar-refractivity contribution >= 4 is 22.7 Å². The molecule has 3 rings (SSSR count). The molecule has 0 atom stereocenters. The van der Waals surface area contributed by atoms with Gasteiger partial charge in [0.05, 0.1) is 11.1 Å². The Kier molecular flexibility index (Phi) is 3.07. The van der Waals surface area contributed by atoms with Crippen molar-refractivity contribution in [1.29, 1.82) is 0 Å². The summed E-state index contributed by atoms with van der Waals surface area (Å²) < 4.78 is 0. The van der Waals surface area contributed by atoms with Crippen LogP contribution in [0.2, 0.25) is 0 Å². The summed E-state index contributed by atoms with van der Waals surface area (Å²) in [6.45, 7) is 2.12. The Morgan fingerprint density at radius 2 is 1.89 bits per heavy atom. The van der Waals surface area contributed by atoms with Crippen LogP contribution in [0.1, 0.15) is 29.6 Å². The van der Waals surface area contributed by atoms with Gasteiger partial charge in [-0.3, -0.25) is 0 Å². The van der Waals surface area contributed by atoms with Crippen LogP contribution >= 0.6 is 0 Å². The predicted molar refractivity (Wildman–Crippen MR) is 74.8 cm³/mol. The molecular weight excluding hydrogens is 240 g/mol. The van der Waals surface area contributed by atoms with E-state index in [0.29, 0.717) is 5.56 Å². The third-order valence-corrected chi connectivity index (χ3v) is 3.60. The summed E-state index contributed by atoms with van der Waals surface area (Å²) in [5.74, 6) is 0.0947. The first kappa shape index (κ1) is 12.0.